The molecule has 9 heteroatoms. The number of esters is 1. The number of alkyl halides is 3. The predicted molar refractivity (Wildman–Crippen MR) is 95.5 cm³/mol. The van der Waals surface area contributed by atoms with Crippen LogP contribution < -0.4 is 10.2 Å². The SMILES string of the molecule is CCOC(=O)CSCC(=O)Nc1cc(C(F)(F)F)ccc1N1CCCC1. The number of thioether (sulfide) groups is 1. The van der Waals surface area contributed by atoms with Crippen molar-refractivity contribution < 1.29 is 27.5 Å². The van der Waals surface area contributed by atoms with Crippen LogP contribution in [0.2, 0.25) is 0 Å². The first-order valence-electron chi connectivity index (χ1n) is 8.30. The number of rotatable bonds is 7. The topological polar surface area (TPSA) is 58.6 Å². The van der Waals surface area contributed by atoms with Gasteiger partial charge in [0.25, 0.3) is 0 Å². The molecule has 5 nitrogen and oxygen atoms in total. The monoisotopic (exact) mass is 390 g/mol. The van der Waals surface area contributed by atoms with Crippen molar-refractivity contribution in [1.82, 2.24) is 0 Å². The standard InChI is InChI=1S/C17H21F3N2O3S/c1-2-25-16(24)11-26-10-15(23)21-13-9-12(17(18,19)20)5-6-14(13)22-7-3-4-8-22/h5-6,9H,2-4,7-8,10-11H2,1H3,(H,21,23). The molecule has 1 saturated heterocycles. The average Bonchev–Trinajstić information content (AvgIpc) is 3.08. The molecule has 1 aromatic carbocycles. The summed E-state index contributed by atoms with van der Waals surface area (Å²) in [5.74, 6) is -0.918. The first-order chi connectivity index (χ1) is 12.3. The number of hydrogen-bond acceptors (Lipinski definition) is 5. The number of nitrogens with zero attached hydrogens (tertiary/aromatic N) is 1. The van der Waals surface area contributed by atoms with Gasteiger partial charge in [0.1, 0.15) is 0 Å². The quantitative estimate of drug-likeness (QED) is 0.722. The van der Waals surface area contributed by atoms with Crippen LogP contribution in [0.25, 0.3) is 0 Å². The van der Waals surface area contributed by atoms with Gasteiger partial charge in [-0.3, -0.25) is 9.59 Å². The summed E-state index contributed by atoms with van der Waals surface area (Å²) in [4.78, 5) is 25.3. The lowest BCUT2D eigenvalue weighted by Crippen LogP contribution is -2.23. The zero-order chi connectivity index (χ0) is 19.2. The largest absolute Gasteiger partial charge is 0.465 e. The number of ether oxygens (including phenoxy) is 1. The summed E-state index contributed by atoms with van der Waals surface area (Å²) in [5, 5.41) is 2.55. The van der Waals surface area contributed by atoms with Crippen LogP contribution in [0.3, 0.4) is 0 Å². The van der Waals surface area contributed by atoms with Crippen molar-refractivity contribution in [3.8, 4) is 0 Å². The van der Waals surface area contributed by atoms with Crippen molar-refractivity contribution in [2.45, 2.75) is 25.9 Å². The van der Waals surface area contributed by atoms with E-state index in [1.54, 1.807) is 6.92 Å². The molecular weight excluding hydrogens is 369 g/mol. The molecule has 2 rings (SSSR count). The molecule has 1 aliphatic rings. The van der Waals surface area contributed by atoms with Gasteiger partial charge >= 0.3 is 12.1 Å². The molecule has 0 bridgehead atoms. The Balaban J connectivity index is 2.07. The van der Waals surface area contributed by atoms with Gasteiger partial charge in [-0.15, -0.1) is 11.8 Å². The lowest BCUT2D eigenvalue weighted by atomic mass is 10.1. The maximum absolute atomic E-state index is 13.0. The minimum absolute atomic E-state index is 0.0167. The number of amides is 1. The van der Waals surface area contributed by atoms with Crippen molar-refractivity contribution in [2.24, 2.45) is 0 Å². The Morgan fingerprint density at radius 2 is 1.92 bits per heavy atom. The Morgan fingerprint density at radius 1 is 1.23 bits per heavy atom. The van der Waals surface area contributed by atoms with Gasteiger partial charge in [0, 0.05) is 13.1 Å². The number of benzene rings is 1. The van der Waals surface area contributed by atoms with Crippen LogP contribution in [0.4, 0.5) is 24.5 Å². The Hall–Kier alpha value is -1.90. The Bertz CT molecular complexity index is 647. The van der Waals surface area contributed by atoms with E-state index in [2.05, 4.69) is 5.32 Å². The lowest BCUT2D eigenvalue weighted by Gasteiger charge is -2.23. The van der Waals surface area contributed by atoms with Crippen molar-refractivity contribution in [3.05, 3.63) is 23.8 Å². The molecule has 1 aliphatic heterocycles. The Labute approximate surface area is 154 Å². The minimum atomic E-state index is -4.48. The van der Waals surface area contributed by atoms with Crippen LogP contribution in [-0.4, -0.2) is 43.1 Å². The third kappa shape index (κ3) is 5.82. The number of anilines is 2. The highest BCUT2D eigenvalue weighted by molar-refractivity contribution is 8.00. The molecule has 0 aromatic heterocycles. The number of carbonyl (C=O) groups is 2. The van der Waals surface area contributed by atoms with Gasteiger partial charge in [-0.25, -0.2) is 0 Å². The third-order valence-corrected chi connectivity index (χ3v) is 4.71. The second-order valence-electron chi connectivity index (χ2n) is 5.77. The summed E-state index contributed by atoms with van der Waals surface area (Å²) in [5.41, 5.74) is -0.0855. The zero-order valence-electron chi connectivity index (χ0n) is 14.4. The highest BCUT2D eigenvalue weighted by Crippen LogP contribution is 2.36. The molecule has 0 spiro atoms. The zero-order valence-corrected chi connectivity index (χ0v) is 15.2. The van der Waals surface area contributed by atoms with Crippen molar-refractivity contribution in [1.29, 1.82) is 0 Å². The van der Waals surface area contributed by atoms with Gasteiger partial charge < -0.3 is 15.0 Å². The van der Waals surface area contributed by atoms with E-state index in [0.717, 1.165) is 49.8 Å². The van der Waals surface area contributed by atoms with E-state index < -0.39 is 23.6 Å². The first-order valence-corrected chi connectivity index (χ1v) is 9.46. The van der Waals surface area contributed by atoms with E-state index in [4.69, 9.17) is 4.74 Å². The molecular formula is C17H21F3N2O3S. The lowest BCUT2D eigenvalue weighted by molar-refractivity contribution is -0.140. The minimum Gasteiger partial charge on any atom is -0.465 e. The van der Waals surface area contributed by atoms with Gasteiger partial charge in [-0.05, 0) is 38.0 Å². The summed E-state index contributed by atoms with van der Waals surface area (Å²) in [6.07, 6.45) is -2.56. The summed E-state index contributed by atoms with van der Waals surface area (Å²) in [6, 6.07) is 3.38. The van der Waals surface area contributed by atoms with Crippen LogP contribution in [0.1, 0.15) is 25.3 Å². The van der Waals surface area contributed by atoms with Crippen molar-refractivity contribution in [2.75, 3.05) is 41.4 Å². The summed E-state index contributed by atoms with van der Waals surface area (Å²) >= 11 is 1.05. The Kier molecular flexibility index (Phi) is 7.19. The number of nitrogens with one attached hydrogen (secondary N) is 1. The van der Waals surface area contributed by atoms with E-state index in [9.17, 15) is 22.8 Å². The van der Waals surface area contributed by atoms with Crippen molar-refractivity contribution >= 4 is 35.0 Å². The highest BCUT2D eigenvalue weighted by atomic mass is 32.2. The van der Waals surface area contributed by atoms with E-state index in [1.165, 1.54) is 6.07 Å². The molecule has 0 saturated carbocycles. The molecule has 144 valence electrons. The summed E-state index contributed by atoms with van der Waals surface area (Å²) in [6.45, 7) is 3.43. The van der Waals surface area contributed by atoms with E-state index in [1.807, 2.05) is 4.90 Å². The average molecular weight is 390 g/mol. The molecule has 1 aromatic rings. The molecule has 1 N–H and O–H groups in total. The van der Waals surface area contributed by atoms with E-state index in [0.29, 0.717) is 5.69 Å². The van der Waals surface area contributed by atoms with Gasteiger partial charge in [-0.1, -0.05) is 0 Å². The smallest absolute Gasteiger partial charge is 0.416 e. The predicted octanol–water partition coefficient (Wildman–Crippen LogP) is 3.54. The fourth-order valence-corrected chi connectivity index (χ4v) is 3.27. The molecule has 1 amide bonds. The molecule has 26 heavy (non-hydrogen) atoms. The maximum atomic E-state index is 13.0. The molecule has 0 unspecified atom stereocenters. The van der Waals surface area contributed by atoms with Crippen LogP contribution in [0, 0.1) is 0 Å². The van der Waals surface area contributed by atoms with Crippen LogP contribution in [-0.2, 0) is 20.5 Å². The molecule has 1 heterocycles. The van der Waals surface area contributed by atoms with E-state index >= 15 is 0 Å². The summed E-state index contributed by atoms with van der Waals surface area (Å²) < 4.78 is 43.7. The van der Waals surface area contributed by atoms with Gasteiger partial charge in [0.15, 0.2) is 0 Å². The molecule has 1 fully saturated rings. The fourth-order valence-electron chi connectivity index (χ4n) is 2.66. The van der Waals surface area contributed by atoms with Crippen LogP contribution in [0.5, 0.6) is 0 Å². The second-order valence-corrected chi connectivity index (χ2v) is 6.76. The number of halogens is 3. The highest BCUT2D eigenvalue weighted by Gasteiger charge is 2.32. The van der Waals surface area contributed by atoms with Crippen LogP contribution >= 0.6 is 11.8 Å². The number of hydrogen-bond donors (Lipinski definition) is 1. The summed E-state index contributed by atoms with van der Waals surface area (Å²) in [7, 11) is 0. The van der Waals surface area contributed by atoms with Gasteiger partial charge in [0.05, 0.1) is 35.1 Å². The van der Waals surface area contributed by atoms with Crippen LogP contribution in [0.15, 0.2) is 18.2 Å². The normalized spacial score (nSPS) is 14.4. The third-order valence-electron chi connectivity index (χ3n) is 3.80. The van der Waals surface area contributed by atoms with Crippen molar-refractivity contribution in [3.63, 3.8) is 0 Å². The molecule has 0 atom stereocenters. The van der Waals surface area contributed by atoms with Gasteiger partial charge in [-0.2, -0.15) is 13.2 Å². The second kappa shape index (κ2) is 9.16. The molecule has 0 radical (unpaired) electrons. The number of carbonyl (C=O) groups excluding carboxylic acids is 2. The first kappa shape index (κ1) is 20.4. The van der Waals surface area contributed by atoms with Gasteiger partial charge in [0.2, 0.25) is 5.91 Å². The van der Waals surface area contributed by atoms with E-state index in [-0.39, 0.29) is 23.8 Å². The maximum Gasteiger partial charge on any atom is 0.416 e. The molecule has 0 aliphatic carbocycles. The Morgan fingerprint density at radius 3 is 2.54 bits per heavy atom. The fraction of sp³-hybridized carbons (Fsp3) is 0.529.